The monoisotopic (exact) mass is 386 g/mol. The summed E-state index contributed by atoms with van der Waals surface area (Å²) >= 11 is 6.08. The fourth-order valence-corrected chi connectivity index (χ4v) is 4.69. The van der Waals surface area contributed by atoms with Crippen molar-refractivity contribution in [2.45, 2.75) is 32.6 Å². The Kier molecular flexibility index (Phi) is 4.72. The van der Waals surface area contributed by atoms with Gasteiger partial charge in [-0.05, 0) is 54.5 Å². The number of carbonyl (C=O) groups is 1. The van der Waals surface area contributed by atoms with Gasteiger partial charge >= 0.3 is 0 Å². The van der Waals surface area contributed by atoms with E-state index in [9.17, 15) is 4.79 Å². The van der Waals surface area contributed by atoms with Crippen LogP contribution in [-0.2, 0) is 4.79 Å². The SMILES string of the molecule is COc1ccc(Cl)cc1-c1ccc(/C=N\NC(=O)[C@@H]2[C@H]3CCCC[C@]32C)o1. The van der Waals surface area contributed by atoms with Gasteiger partial charge in [-0.25, -0.2) is 5.43 Å². The first kappa shape index (κ1) is 18.1. The van der Waals surface area contributed by atoms with Gasteiger partial charge in [-0.15, -0.1) is 0 Å². The van der Waals surface area contributed by atoms with Crippen molar-refractivity contribution in [3.8, 4) is 17.1 Å². The largest absolute Gasteiger partial charge is 0.496 e. The summed E-state index contributed by atoms with van der Waals surface area (Å²) in [5.74, 6) is 2.49. The van der Waals surface area contributed by atoms with E-state index in [0.717, 1.165) is 18.4 Å². The molecule has 0 aliphatic heterocycles. The summed E-state index contributed by atoms with van der Waals surface area (Å²) in [6, 6.07) is 8.97. The second kappa shape index (κ2) is 7.04. The number of methoxy groups -OCH3 is 1. The van der Waals surface area contributed by atoms with E-state index in [1.165, 1.54) is 19.1 Å². The molecule has 0 bridgehead atoms. The highest BCUT2D eigenvalue weighted by molar-refractivity contribution is 6.30. The number of ether oxygens (including phenoxy) is 1. The van der Waals surface area contributed by atoms with E-state index in [1.54, 1.807) is 31.4 Å². The van der Waals surface area contributed by atoms with Crippen molar-refractivity contribution in [3.63, 3.8) is 0 Å². The van der Waals surface area contributed by atoms with Gasteiger partial charge < -0.3 is 9.15 Å². The normalized spacial score (nSPS) is 26.6. The van der Waals surface area contributed by atoms with Crippen molar-refractivity contribution in [3.05, 3.63) is 41.1 Å². The van der Waals surface area contributed by atoms with Crippen LogP contribution in [0.15, 0.2) is 39.9 Å². The number of furan rings is 1. The molecule has 0 unspecified atom stereocenters. The van der Waals surface area contributed by atoms with Crippen LogP contribution in [0.4, 0.5) is 0 Å². The first-order valence-electron chi connectivity index (χ1n) is 9.29. The summed E-state index contributed by atoms with van der Waals surface area (Å²) in [4.78, 5) is 12.4. The van der Waals surface area contributed by atoms with E-state index >= 15 is 0 Å². The molecule has 2 fully saturated rings. The van der Waals surface area contributed by atoms with Crippen molar-refractivity contribution in [2.24, 2.45) is 22.4 Å². The number of nitrogens with one attached hydrogen (secondary N) is 1. The first-order chi connectivity index (χ1) is 13.0. The average Bonchev–Trinajstić information content (AvgIpc) is 3.03. The van der Waals surface area contributed by atoms with Crippen molar-refractivity contribution in [2.75, 3.05) is 7.11 Å². The topological polar surface area (TPSA) is 63.8 Å². The van der Waals surface area contributed by atoms with E-state index in [1.807, 2.05) is 6.07 Å². The summed E-state index contributed by atoms with van der Waals surface area (Å²) in [6.07, 6.45) is 6.27. The predicted octanol–water partition coefficient (Wildman–Crippen LogP) is 4.89. The second-order valence-electron chi connectivity index (χ2n) is 7.62. The van der Waals surface area contributed by atoms with Crippen LogP contribution in [0.25, 0.3) is 11.3 Å². The Morgan fingerprint density at radius 2 is 2.22 bits per heavy atom. The number of hydrogen-bond acceptors (Lipinski definition) is 4. The zero-order valence-electron chi connectivity index (χ0n) is 15.5. The number of amides is 1. The van der Waals surface area contributed by atoms with E-state index in [4.69, 9.17) is 20.8 Å². The molecule has 1 N–H and O–H groups in total. The van der Waals surface area contributed by atoms with Gasteiger partial charge in [0, 0.05) is 10.9 Å². The second-order valence-corrected chi connectivity index (χ2v) is 8.05. The van der Waals surface area contributed by atoms with Gasteiger partial charge in [0.15, 0.2) is 0 Å². The standard InChI is InChI=1S/C21H23ClN2O3/c1-21-10-4-3-5-16(21)19(21)20(25)24-23-12-14-7-9-18(27-14)15-11-13(22)6-8-17(15)26-2/h6-9,11-12,16,19H,3-5,10H2,1-2H3,(H,24,25)/b23-12-/t16-,19+,21-/m1/s1. The molecular weight excluding hydrogens is 364 g/mol. The third kappa shape index (κ3) is 3.36. The maximum atomic E-state index is 12.4. The van der Waals surface area contributed by atoms with Crippen LogP contribution in [0, 0.1) is 17.3 Å². The summed E-state index contributed by atoms with van der Waals surface area (Å²) in [5, 5.41) is 4.68. The Hall–Kier alpha value is -2.27. The van der Waals surface area contributed by atoms with Crippen molar-refractivity contribution in [1.29, 1.82) is 0 Å². The van der Waals surface area contributed by atoms with Gasteiger partial charge in [0.2, 0.25) is 5.91 Å². The molecule has 2 aliphatic rings. The lowest BCUT2D eigenvalue weighted by atomic mass is 9.90. The molecule has 0 saturated heterocycles. The molecule has 0 radical (unpaired) electrons. The number of hydrogen-bond donors (Lipinski definition) is 1. The molecular formula is C21H23ClN2O3. The van der Waals surface area contributed by atoms with E-state index in [-0.39, 0.29) is 17.2 Å². The number of nitrogens with zero attached hydrogens (tertiary/aromatic N) is 1. The molecule has 0 spiro atoms. The molecule has 2 saturated carbocycles. The van der Waals surface area contributed by atoms with E-state index in [0.29, 0.717) is 28.2 Å². The van der Waals surface area contributed by atoms with Crippen LogP contribution < -0.4 is 10.2 Å². The number of halogens is 1. The minimum absolute atomic E-state index is 0.0175. The van der Waals surface area contributed by atoms with Gasteiger partial charge in [-0.2, -0.15) is 5.10 Å². The van der Waals surface area contributed by atoms with Crippen molar-refractivity contribution < 1.29 is 13.9 Å². The van der Waals surface area contributed by atoms with Crippen LogP contribution in [0.1, 0.15) is 38.4 Å². The maximum Gasteiger partial charge on any atom is 0.244 e. The van der Waals surface area contributed by atoms with Gasteiger partial charge in [-0.1, -0.05) is 31.4 Å². The van der Waals surface area contributed by atoms with Crippen LogP contribution >= 0.6 is 11.6 Å². The maximum absolute atomic E-state index is 12.4. The Balaban J connectivity index is 1.41. The highest BCUT2D eigenvalue weighted by atomic mass is 35.5. The molecule has 6 heteroatoms. The Morgan fingerprint density at radius 1 is 1.37 bits per heavy atom. The molecule has 3 atom stereocenters. The van der Waals surface area contributed by atoms with Crippen molar-refractivity contribution >= 4 is 23.7 Å². The molecule has 5 nitrogen and oxygen atoms in total. The summed E-state index contributed by atoms with van der Waals surface area (Å²) in [6.45, 7) is 2.22. The van der Waals surface area contributed by atoms with Crippen molar-refractivity contribution in [1.82, 2.24) is 5.43 Å². The molecule has 1 amide bonds. The van der Waals surface area contributed by atoms with E-state index in [2.05, 4.69) is 17.5 Å². The molecule has 1 aromatic heterocycles. The third-order valence-electron chi connectivity index (χ3n) is 6.03. The Bertz CT molecular complexity index is 891. The Labute approximate surface area is 163 Å². The number of rotatable bonds is 5. The zero-order chi connectivity index (χ0) is 19.0. The molecule has 142 valence electrons. The van der Waals surface area contributed by atoms with Gasteiger partial charge in [0.05, 0.1) is 18.9 Å². The summed E-state index contributed by atoms with van der Waals surface area (Å²) in [5.41, 5.74) is 3.63. The fraction of sp³-hybridized carbons (Fsp3) is 0.429. The minimum atomic E-state index is 0.0175. The first-order valence-corrected chi connectivity index (χ1v) is 9.67. The zero-order valence-corrected chi connectivity index (χ0v) is 16.3. The predicted molar refractivity (Wildman–Crippen MR) is 105 cm³/mol. The smallest absolute Gasteiger partial charge is 0.244 e. The molecule has 1 heterocycles. The summed E-state index contributed by atoms with van der Waals surface area (Å²) < 4.78 is 11.2. The Morgan fingerprint density at radius 3 is 2.96 bits per heavy atom. The fourth-order valence-electron chi connectivity index (χ4n) is 4.52. The van der Waals surface area contributed by atoms with Crippen LogP contribution in [0.3, 0.4) is 0 Å². The lowest BCUT2D eigenvalue weighted by Gasteiger charge is -2.15. The number of hydrazone groups is 1. The van der Waals surface area contributed by atoms with Crippen LogP contribution in [0.2, 0.25) is 5.02 Å². The lowest BCUT2D eigenvalue weighted by Crippen LogP contribution is -2.22. The van der Waals surface area contributed by atoms with E-state index < -0.39 is 0 Å². The van der Waals surface area contributed by atoms with Crippen LogP contribution in [0.5, 0.6) is 5.75 Å². The minimum Gasteiger partial charge on any atom is -0.496 e. The quantitative estimate of drug-likeness (QED) is 0.588. The molecule has 2 aromatic rings. The number of benzene rings is 1. The average molecular weight is 387 g/mol. The molecule has 27 heavy (non-hydrogen) atoms. The highest BCUT2D eigenvalue weighted by Gasteiger charge is 2.64. The van der Waals surface area contributed by atoms with Gasteiger partial charge in [0.1, 0.15) is 17.3 Å². The third-order valence-corrected chi connectivity index (χ3v) is 6.27. The highest BCUT2D eigenvalue weighted by Crippen LogP contribution is 2.66. The molecule has 1 aromatic carbocycles. The number of fused-ring (bicyclic) bond motifs is 1. The lowest BCUT2D eigenvalue weighted by molar-refractivity contribution is -0.123. The molecule has 4 rings (SSSR count). The molecule has 2 aliphatic carbocycles. The number of carbonyl (C=O) groups excluding carboxylic acids is 1. The summed E-state index contributed by atoms with van der Waals surface area (Å²) in [7, 11) is 1.60. The van der Waals surface area contributed by atoms with Crippen LogP contribution in [-0.4, -0.2) is 19.2 Å². The van der Waals surface area contributed by atoms with Gasteiger partial charge in [-0.3, -0.25) is 4.79 Å². The van der Waals surface area contributed by atoms with Gasteiger partial charge in [0.25, 0.3) is 0 Å².